The molecule has 0 fully saturated rings. The Labute approximate surface area is 196 Å². The Morgan fingerprint density at radius 3 is 1.73 bits per heavy atom. The van der Waals surface area contributed by atoms with Crippen molar-refractivity contribution < 1.29 is 9.47 Å². The Morgan fingerprint density at radius 1 is 0.636 bits per heavy atom. The van der Waals surface area contributed by atoms with Crippen LogP contribution in [0.5, 0.6) is 11.8 Å². The van der Waals surface area contributed by atoms with Gasteiger partial charge in [-0.25, -0.2) is 9.97 Å². The highest BCUT2D eigenvalue weighted by Gasteiger charge is 2.27. The van der Waals surface area contributed by atoms with Crippen LogP contribution in [0.1, 0.15) is 42.5 Å². The lowest BCUT2D eigenvalue weighted by molar-refractivity contribution is 0.341. The molecule has 0 bridgehead atoms. The van der Waals surface area contributed by atoms with Crippen molar-refractivity contribution in [1.82, 2.24) is 9.97 Å². The van der Waals surface area contributed by atoms with Crippen LogP contribution in [0.4, 0.5) is 0 Å². The summed E-state index contributed by atoms with van der Waals surface area (Å²) in [5, 5.41) is 2.60. The SMILES string of the molecule is COc1nc2ccccc2c2c1CCC2.COc1nc2ccccc2c2c1C[C@H](C)[C@@H](C)C2. The molecular weight excluding hydrogens is 408 g/mol. The van der Waals surface area contributed by atoms with Gasteiger partial charge in [0.15, 0.2) is 0 Å². The van der Waals surface area contributed by atoms with Crippen molar-refractivity contribution in [3.8, 4) is 11.8 Å². The van der Waals surface area contributed by atoms with Gasteiger partial charge >= 0.3 is 0 Å². The first-order valence-electron chi connectivity index (χ1n) is 12.0. The van der Waals surface area contributed by atoms with Gasteiger partial charge in [-0.2, -0.15) is 0 Å². The van der Waals surface area contributed by atoms with Crippen LogP contribution in [-0.4, -0.2) is 24.2 Å². The van der Waals surface area contributed by atoms with Gasteiger partial charge in [0, 0.05) is 21.9 Å². The van der Waals surface area contributed by atoms with E-state index in [-0.39, 0.29) is 0 Å². The summed E-state index contributed by atoms with van der Waals surface area (Å²) in [4.78, 5) is 9.19. The van der Waals surface area contributed by atoms with Crippen molar-refractivity contribution in [2.75, 3.05) is 14.2 Å². The topological polar surface area (TPSA) is 44.2 Å². The number of hydrogen-bond acceptors (Lipinski definition) is 4. The lowest BCUT2D eigenvalue weighted by Gasteiger charge is -2.29. The molecule has 2 heterocycles. The van der Waals surface area contributed by atoms with E-state index in [4.69, 9.17) is 9.47 Å². The summed E-state index contributed by atoms with van der Waals surface area (Å²) in [5.74, 6) is 3.08. The number of ether oxygens (including phenoxy) is 2. The third kappa shape index (κ3) is 3.92. The van der Waals surface area contributed by atoms with E-state index in [1.54, 1.807) is 14.2 Å². The Hall–Kier alpha value is -3.14. The van der Waals surface area contributed by atoms with E-state index < -0.39 is 0 Å². The monoisotopic (exact) mass is 440 g/mol. The number of fused-ring (bicyclic) bond motifs is 6. The van der Waals surface area contributed by atoms with Gasteiger partial charge in [-0.05, 0) is 67.2 Å². The fraction of sp³-hybridized carbons (Fsp3) is 0.379. The van der Waals surface area contributed by atoms with Crippen LogP contribution in [0.15, 0.2) is 48.5 Å². The summed E-state index contributed by atoms with van der Waals surface area (Å²) in [6, 6.07) is 16.7. The minimum atomic E-state index is 0.703. The van der Waals surface area contributed by atoms with Gasteiger partial charge in [0.05, 0.1) is 25.3 Å². The first-order chi connectivity index (χ1) is 16.1. The summed E-state index contributed by atoms with van der Waals surface area (Å²) < 4.78 is 10.8. The van der Waals surface area contributed by atoms with Crippen molar-refractivity contribution in [3.63, 3.8) is 0 Å². The molecule has 4 nitrogen and oxygen atoms in total. The zero-order valence-electron chi connectivity index (χ0n) is 20.0. The third-order valence-electron chi connectivity index (χ3n) is 7.41. The van der Waals surface area contributed by atoms with Gasteiger partial charge in [0.2, 0.25) is 11.8 Å². The van der Waals surface area contributed by atoms with Crippen LogP contribution in [0.3, 0.4) is 0 Å². The Bertz CT molecular complexity index is 1310. The maximum absolute atomic E-state index is 5.49. The van der Waals surface area contributed by atoms with Gasteiger partial charge in [-0.15, -0.1) is 0 Å². The lowest BCUT2D eigenvalue weighted by atomic mass is 9.77. The molecule has 0 saturated carbocycles. The van der Waals surface area contributed by atoms with E-state index in [1.807, 2.05) is 12.1 Å². The Balaban J connectivity index is 0.000000140. The highest BCUT2D eigenvalue weighted by molar-refractivity contribution is 5.85. The highest BCUT2D eigenvalue weighted by atomic mass is 16.5. The van der Waals surface area contributed by atoms with Crippen LogP contribution in [0.2, 0.25) is 0 Å². The molecule has 4 aromatic rings. The molecule has 0 amide bonds. The maximum Gasteiger partial charge on any atom is 0.217 e. The largest absolute Gasteiger partial charge is 0.481 e. The molecule has 2 aromatic carbocycles. The van der Waals surface area contributed by atoms with Gasteiger partial charge in [0.1, 0.15) is 0 Å². The minimum absolute atomic E-state index is 0.703. The van der Waals surface area contributed by atoms with Crippen LogP contribution in [0.25, 0.3) is 21.8 Å². The van der Waals surface area contributed by atoms with E-state index in [1.165, 1.54) is 39.4 Å². The van der Waals surface area contributed by atoms with Gasteiger partial charge in [-0.3, -0.25) is 0 Å². The second-order valence-electron chi connectivity index (χ2n) is 9.41. The minimum Gasteiger partial charge on any atom is -0.481 e. The molecule has 4 heteroatoms. The van der Waals surface area contributed by atoms with Gasteiger partial charge in [0.25, 0.3) is 0 Å². The molecular formula is C29H32N2O2. The predicted molar refractivity (Wildman–Crippen MR) is 134 cm³/mol. The number of methoxy groups -OCH3 is 2. The molecule has 170 valence electrons. The molecule has 0 radical (unpaired) electrons. The zero-order chi connectivity index (χ0) is 22.9. The number of para-hydroxylation sites is 2. The van der Waals surface area contributed by atoms with E-state index >= 15 is 0 Å². The molecule has 0 spiro atoms. The second-order valence-corrected chi connectivity index (χ2v) is 9.41. The molecule has 33 heavy (non-hydrogen) atoms. The number of benzene rings is 2. The van der Waals surface area contributed by atoms with E-state index in [0.717, 1.165) is 54.4 Å². The summed E-state index contributed by atoms with van der Waals surface area (Å²) in [7, 11) is 3.43. The number of nitrogens with zero attached hydrogens (tertiary/aromatic N) is 2. The molecule has 2 aromatic heterocycles. The lowest BCUT2D eigenvalue weighted by Crippen LogP contribution is -2.22. The van der Waals surface area contributed by atoms with Crippen molar-refractivity contribution in [2.24, 2.45) is 11.8 Å². The fourth-order valence-corrected chi connectivity index (χ4v) is 5.40. The normalized spacial score (nSPS) is 18.9. The standard InChI is InChI=1S/C16H19NO.C13H13NO/c1-10-8-13-12-6-4-5-7-15(12)17-16(18-3)14(13)9-11(10)2;1-15-13-11-7-4-6-9(11)10-5-2-3-8-12(10)14-13/h4-7,10-11H,8-9H2,1-3H3;2-3,5,8H,4,6-7H2,1H3/t10-,11-;/m0./s1. The first kappa shape index (κ1) is 21.7. The quantitative estimate of drug-likeness (QED) is 0.364. The summed E-state index contributed by atoms with van der Waals surface area (Å²) in [6.07, 6.45) is 5.71. The van der Waals surface area contributed by atoms with Gasteiger partial charge < -0.3 is 9.47 Å². The zero-order valence-corrected chi connectivity index (χ0v) is 20.0. The molecule has 2 aliphatic carbocycles. The van der Waals surface area contributed by atoms with E-state index in [9.17, 15) is 0 Å². The van der Waals surface area contributed by atoms with Crippen LogP contribution < -0.4 is 9.47 Å². The highest BCUT2D eigenvalue weighted by Crippen LogP contribution is 2.38. The van der Waals surface area contributed by atoms with Crippen molar-refractivity contribution in [2.45, 2.75) is 46.0 Å². The number of rotatable bonds is 2. The summed E-state index contributed by atoms with van der Waals surface area (Å²) >= 11 is 0. The van der Waals surface area contributed by atoms with Crippen molar-refractivity contribution in [1.29, 1.82) is 0 Å². The maximum atomic E-state index is 5.49. The Kier molecular flexibility index (Phi) is 5.92. The smallest absolute Gasteiger partial charge is 0.217 e. The first-order valence-corrected chi connectivity index (χ1v) is 12.0. The second kappa shape index (κ2) is 9.01. The molecule has 0 unspecified atom stereocenters. The van der Waals surface area contributed by atoms with Gasteiger partial charge in [-0.1, -0.05) is 50.2 Å². The van der Waals surface area contributed by atoms with Crippen LogP contribution >= 0.6 is 0 Å². The molecule has 0 aliphatic heterocycles. The average molecular weight is 441 g/mol. The molecule has 0 N–H and O–H groups in total. The van der Waals surface area contributed by atoms with Crippen molar-refractivity contribution >= 4 is 21.8 Å². The average Bonchev–Trinajstić information content (AvgIpc) is 3.35. The molecule has 2 aliphatic rings. The number of hydrogen-bond donors (Lipinski definition) is 0. The Morgan fingerprint density at radius 2 is 1.12 bits per heavy atom. The van der Waals surface area contributed by atoms with Crippen LogP contribution in [0, 0.1) is 11.8 Å². The van der Waals surface area contributed by atoms with Crippen molar-refractivity contribution in [3.05, 3.63) is 70.8 Å². The fourth-order valence-electron chi connectivity index (χ4n) is 5.40. The molecule has 6 rings (SSSR count). The van der Waals surface area contributed by atoms with Crippen LogP contribution in [-0.2, 0) is 25.7 Å². The molecule has 2 atom stereocenters. The van der Waals surface area contributed by atoms with E-state index in [2.05, 4.69) is 60.2 Å². The summed E-state index contributed by atoms with van der Waals surface area (Å²) in [6.45, 7) is 4.66. The third-order valence-corrected chi connectivity index (χ3v) is 7.41. The number of pyridine rings is 2. The molecule has 0 saturated heterocycles. The number of aromatic nitrogens is 2. The van der Waals surface area contributed by atoms with E-state index in [0.29, 0.717) is 5.92 Å². The number of aryl methyl sites for hydroxylation is 1. The predicted octanol–water partition coefficient (Wildman–Crippen LogP) is 6.35. The summed E-state index contributed by atoms with van der Waals surface area (Å²) in [5.41, 5.74) is 7.63.